The maximum Gasteiger partial charge on any atom is 0.321 e. The predicted molar refractivity (Wildman–Crippen MR) is 92.2 cm³/mol. The first kappa shape index (κ1) is 17.4. The first-order chi connectivity index (χ1) is 12.1. The standard InChI is InChI=1S/C19H20F2N2O2/c20-15-5-3-14(4-6-15)17-10-16(21)7-8-18(17)22-19(25)23-9-1-2-13(11-23)12-24/h3-8,10,13,24H,1-2,9,11-12H2,(H,22,25). The number of benzene rings is 2. The molecule has 1 heterocycles. The van der Waals surface area contributed by atoms with Gasteiger partial charge in [0, 0.05) is 25.3 Å². The lowest BCUT2D eigenvalue weighted by Gasteiger charge is -2.32. The monoisotopic (exact) mass is 346 g/mol. The van der Waals surface area contributed by atoms with Gasteiger partial charge in [-0.2, -0.15) is 0 Å². The van der Waals surface area contributed by atoms with E-state index >= 15 is 0 Å². The predicted octanol–water partition coefficient (Wildman–Crippen LogP) is 3.87. The lowest BCUT2D eigenvalue weighted by molar-refractivity contribution is 0.136. The van der Waals surface area contributed by atoms with E-state index in [9.17, 15) is 18.7 Å². The quantitative estimate of drug-likeness (QED) is 0.886. The molecule has 1 atom stereocenters. The number of likely N-dealkylation sites (tertiary alicyclic amines) is 1. The number of hydrogen-bond acceptors (Lipinski definition) is 2. The first-order valence-electron chi connectivity index (χ1n) is 8.29. The number of halogens is 2. The van der Waals surface area contributed by atoms with Crippen molar-refractivity contribution in [1.82, 2.24) is 4.90 Å². The van der Waals surface area contributed by atoms with Crippen LogP contribution in [0.5, 0.6) is 0 Å². The SMILES string of the molecule is O=C(Nc1ccc(F)cc1-c1ccc(F)cc1)N1CCCC(CO)C1. The van der Waals surface area contributed by atoms with Crippen LogP contribution in [0.15, 0.2) is 42.5 Å². The highest BCUT2D eigenvalue weighted by molar-refractivity contribution is 5.94. The van der Waals surface area contributed by atoms with Crippen LogP contribution in [0, 0.1) is 17.6 Å². The normalized spacial score (nSPS) is 17.4. The number of nitrogens with zero attached hydrogens (tertiary/aromatic N) is 1. The number of anilines is 1. The summed E-state index contributed by atoms with van der Waals surface area (Å²) in [5.41, 5.74) is 1.57. The zero-order valence-corrected chi connectivity index (χ0v) is 13.7. The van der Waals surface area contributed by atoms with Crippen LogP contribution >= 0.6 is 0 Å². The van der Waals surface area contributed by atoms with Crippen LogP contribution in [0.2, 0.25) is 0 Å². The lowest BCUT2D eigenvalue weighted by atomic mass is 9.99. The van der Waals surface area contributed by atoms with Crippen LogP contribution in [0.3, 0.4) is 0 Å². The first-order valence-corrected chi connectivity index (χ1v) is 8.29. The van der Waals surface area contributed by atoms with E-state index in [1.54, 1.807) is 17.0 Å². The van der Waals surface area contributed by atoms with Gasteiger partial charge in [0.05, 0.1) is 5.69 Å². The smallest absolute Gasteiger partial charge is 0.321 e. The molecule has 0 spiro atoms. The van der Waals surface area contributed by atoms with Gasteiger partial charge < -0.3 is 15.3 Å². The van der Waals surface area contributed by atoms with Gasteiger partial charge >= 0.3 is 6.03 Å². The molecule has 2 aromatic carbocycles. The van der Waals surface area contributed by atoms with E-state index < -0.39 is 5.82 Å². The van der Waals surface area contributed by atoms with Crippen molar-refractivity contribution >= 4 is 11.7 Å². The Labute approximate surface area is 145 Å². The van der Waals surface area contributed by atoms with E-state index in [0.717, 1.165) is 12.8 Å². The maximum absolute atomic E-state index is 13.7. The minimum Gasteiger partial charge on any atom is -0.396 e. The number of piperidine rings is 1. The second-order valence-corrected chi connectivity index (χ2v) is 6.26. The van der Waals surface area contributed by atoms with Gasteiger partial charge in [0.2, 0.25) is 0 Å². The Morgan fingerprint density at radius 3 is 2.60 bits per heavy atom. The van der Waals surface area contributed by atoms with Gasteiger partial charge in [0.1, 0.15) is 11.6 Å². The summed E-state index contributed by atoms with van der Waals surface area (Å²) in [6, 6.07) is 9.48. The molecule has 6 heteroatoms. The minimum atomic E-state index is -0.435. The lowest BCUT2D eigenvalue weighted by Crippen LogP contribution is -2.43. The van der Waals surface area contributed by atoms with Crippen LogP contribution in [0.1, 0.15) is 12.8 Å². The summed E-state index contributed by atoms with van der Waals surface area (Å²) in [6.07, 6.45) is 1.74. The fourth-order valence-corrected chi connectivity index (χ4v) is 3.09. The molecule has 1 aliphatic rings. The summed E-state index contributed by atoms with van der Waals surface area (Å²) < 4.78 is 26.8. The van der Waals surface area contributed by atoms with E-state index in [1.165, 1.54) is 30.3 Å². The second kappa shape index (κ2) is 7.61. The number of amides is 2. The van der Waals surface area contributed by atoms with Crippen LogP contribution in [-0.4, -0.2) is 35.7 Å². The summed E-state index contributed by atoms with van der Waals surface area (Å²) in [6.45, 7) is 1.17. The van der Waals surface area contributed by atoms with Crippen molar-refractivity contribution in [2.24, 2.45) is 5.92 Å². The molecule has 0 bridgehead atoms. The number of rotatable bonds is 3. The molecular formula is C19H20F2N2O2. The molecule has 1 aliphatic heterocycles. The van der Waals surface area contributed by atoms with Crippen molar-refractivity contribution < 1.29 is 18.7 Å². The van der Waals surface area contributed by atoms with Gasteiger partial charge in [0.25, 0.3) is 0 Å². The largest absolute Gasteiger partial charge is 0.396 e. The van der Waals surface area contributed by atoms with Crippen LogP contribution in [0.25, 0.3) is 11.1 Å². The molecule has 4 nitrogen and oxygen atoms in total. The summed E-state index contributed by atoms with van der Waals surface area (Å²) in [4.78, 5) is 14.2. The van der Waals surface area contributed by atoms with Crippen LogP contribution < -0.4 is 5.32 Å². The molecule has 1 fully saturated rings. The van der Waals surface area contributed by atoms with Gasteiger partial charge in [0.15, 0.2) is 0 Å². The van der Waals surface area contributed by atoms with Gasteiger partial charge in [-0.3, -0.25) is 0 Å². The maximum atomic E-state index is 13.7. The molecule has 3 rings (SSSR count). The van der Waals surface area contributed by atoms with E-state index in [0.29, 0.717) is 29.9 Å². The molecule has 2 aromatic rings. The highest BCUT2D eigenvalue weighted by Crippen LogP contribution is 2.29. The van der Waals surface area contributed by atoms with Crippen LogP contribution in [-0.2, 0) is 0 Å². The Hall–Kier alpha value is -2.47. The Morgan fingerprint density at radius 2 is 1.88 bits per heavy atom. The third kappa shape index (κ3) is 4.14. The number of hydrogen-bond donors (Lipinski definition) is 2. The van der Waals surface area contributed by atoms with Gasteiger partial charge in [-0.25, -0.2) is 13.6 Å². The average Bonchev–Trinajstić information content (AvgIpc) is 2.64. The molecule has 1 saturated heterocycles. The Balaban J connectivity index is 1.82. The summed E-state index contributed by atoms with van der Waals surface area (Å²) in [5, 5.41) is 12.1. The van der Waals surface area contributed by atoms with Crippen LogP contribution in [0.4, 0.5) is 19.3 Å². The number of aliphatic hydroxyl groups is 1. The van der Waals surface area contributed by atoms with Gasteiger partial charge in [-0.1, -0.05) is 12.1 Å². The summed E-state index contributed by atoms with van der Waals surface area (Å²) >= 11 is 0. The molecular weight excluding hydrogens is 326 g/mol. The minimum absolute atomic E-state index is 0.0567. The van der Waals surface area contributed by atoms with E-state index in [4.69, 9.17) is 0 Å². The molecule has 0 aromatic heterocycles. The highest BCUT2D eigenvalue weighted by atomic mass is 19.1. The van der Waals surface area contributed by atoms with E-state index in [-0.39, 0.29) is 24.4 Å². The van der Waals surface area contributed by atoms with E-state index in [2.05, 4.69) is 5.32 Å². The van der Waals surface area contributed by atoms with Crippen molar-refractivity contribution in [3.63, 3.8) is 0 Å². The third-order valence-corrected chi connectivity index (χ3v) is 4.44. The topological polar surface area (TPSA) is 52.6 Å². The van der Waals surface area contributed by atoms with Crippen molar-refractivity contribution in [2.75, 3.05) is 25.0 Å². The number of carbonyl (C=O) groups is 1. The zero-order valence-electron chi connectivity index (χ0n) is 13.7. The van der Waals surface area contributed by atoms with Crippen molar-refractivity contribution in [2.45, 2.75) is 12.8 Å². The molecule has 0 saturated carbocycles. The van der Waals surface area contributed by atoms with Crippen molar-refractivity contribution in [1.29, 1.82) is 0 Å². The Morgan fingerprint density at radius 1 is 1.16 bits per heavy atom. The van der Waals surface area contributed by atoms with Crippen molar-refractivity contribution in [3.8, 4) is 11.1 Å². The summed E-state index contributed by atoms with van der Waals surface area (Å²) in [5.74, 6) is -0.728. The highest BCUT2D eigenvalue weighted by Gasteiger charge is 2.23. The van der Waals surface area contributed by atoms with Gasteiger partial charge in [-0.05, 0) is 54.7 Å². The van der Waals surface area contributed by atoms with Crippen molar-refractivity contribution in [3.05, 3.63) is 54.1 Å². The molecule has 0 aliphatic carbocycles. The second-order valence-electron chi connectivity index (χ2n) is 6.26. The molecule has 25 heavy (non-hydrogen) atoms. The molecule has 132 valence electrons. The molecule has 0 radical (unpaired) electrons. The zero-order chi connectivity index (χ0) is 17.8. The third-order valence-electron chi connectivity index (χ3n) is 4.44. The number of nitrogens with one attached hydrogen (secondary N) is 1. The number of aliphatic hydroxyl groups excluding tert-OH is 1. The molecule has 2 N–H and O–H groups in total. The molecule has 1 unspecified atom stereocenters. The Kier molecular flexibility index (Phi) is 5.28. The fraction of sp³-hybridized carbons (Fsp3) is 0.316. The number of urea groups is 1. The van der Waals surface area contributed by atoms with Gasteiger partial charge in [-0.15, -0.1) is 0 Å². The average molecular weight is 346 g/mol. The molecule has 2 amide bonds. The Bertz CT molecular complexity index is 750. The van der Waals surface area contributed by atoms with E-state index in [1.807, 2.05) is 0 Å². The fourth-order valence-electron chi connectivity index (χ4n) is 3.09. The summed E-state index contributed by atoms with van der Waals surface area (Å²) in [7, 11) is 0. The number of carbonyl (C=O) groups excluding carboxylic acids is 1.